The van der Waals surface area contributed by atoms with E-state index in [4.69, 9.17) is 33.7 Å². The van der Waals surface area contributed by atoms with Gasteiger partial charge >= 0.3 is 6.18 Å². The minimum Gasteiger partial charge on any atom is -0.492 e. The van der Waals surface area contributed by atoms with E-state index in [0.717, 1.165) is 37.8 Å². The summed E-state index contributed by atoms with van der Waals surface area (Å²) in [7, 11) is 2.03. The predicted octanol–water partition coefficient (Wildman–Crippen LogP) is 6.73. The molecule has 2 heterocycles. The van der Waals surface area contributed by atoms with Gasteiger partial charge in [0.15, 0.2) is 0 Å². The summed E-state index contributed by atoms with van der Waals surface area (Å²) >= 11 is 12.4. The van der Waals surface area contributed by atoms with E-state index in [1.54, 1.807) is 36.5 Å². The van der Waals surface area contributed by atoms with Gasteiger partial charge in [-0.1, -0.05) is 41.1 Å². The molecule has 3 N–H and O–H groups in total. The van der Waals surface area contributed by atoms with Gasteiger partial charge in [0, 0.05) is 66.5 Å². The molecule has 7 nitrogen and oxygen atoms in total. The van der Waals surface area contributed by atoms with Crippen molar-refractivity contribution in [3.63, 3.8) is 0 Å². The smallest absolute Gasteiger partial charge is 0.420 e. The Morgan fingerprint density at radius 3 is 2.51 bits per heavy atom. The van der Waals surface area contributed by atoms with Crippen molar-refractivity contribution >= 4 is 51.4 Å². The molecule has 0 aliphatic carbocycles. The van der Waals surface area contributed by atoms with E-state index < -0.39 is 17.6 Å². The third-order valence-electron chi connectivity index (χ3n) is 7.59. The monoisotopic (exact) mass is 655 g/mol. The second kappa shape index (κ2) is 13.5. The molecule has 0 unspecified atom stereocenters. The summed E-state index contributed by atoms with van der Waals surface area (Å²) in [6.45, 7) is 5.94. The molecular weight excluding hydrogens is 626 g/mol. The molecule has 1 aliphatic heterocycles. The summed E-state index contributed by atoms with van der Waals surface area (Å²) in [4.78, 5) is 21.7. The van der Waals surface area contributed by atoms with Crippen molar-refractivity contribution in [1.82, 2.24) is 14.8 Å². The number of nitrogens with zero attached hydrogens (tertiary/aromatic N) is 3. The van der Waals surface area contributed by atoms with E-state index in [2.05, 4.69) is 31.9 Å². The highest BCUT2D eigenvalue weighted by Crippen LogP contribution is 2.38. The number of benzene rings is 3. The van der Waals surface area contributed by atoms with E-state index >= 15 is 0 Å². The first kappa shape index (κ1) is 32.4. The fourth-order valence-corrected chi connectivity index (χ4v) is 5.24. The SMILES string of the molecule is Cc1ccc(C(=O)Nc2ccc(OCCN3CCN(C)CC3)c(C(F)(F)F)c2)cc1C#Cc1c(N)ncc2cc(Cl)c(Cl)cc12. The van der Waals surface area contributed by atoms with Crippen molar-refractivity contribution in [3.8, 4) is 17.6 Å². The number of aromatic nitrogens is 1. The number of nitrogens with one attached hydrogen (secondary N) is 1. The van der Waals surface area contributed by atoms with Gasteiger partial charge < -0.3 is 20.7 Å². The molecule has 12 heteroatoms. The molecule has 1 fully saturated rings. The van der Waals surface area contributed by atoms with Crippen molar-refractivity contribution in [3.05, 3.63) is 92.6 Å². The van der Waals surface area contributed by atoms with Crippen molar-refractivity contribution in [1.29, 1.82) is 0 Å². The van der Waals surface area contributed by atoms with Crippen LogP contribution < -0.4 is 15.8 Å². The van der Waals surface area contributed by atoms with Crippen LogP contribution in [-0.2, 0) is 6.18 Å². The number of carbonyl (C=O) groups excluding carboxylic acids is 1. The van der Waals surface area contributed by atoms with Crippen molar-refractivity contribution in [2.75, 3.05) is 57.4 Å². The lowest BCUT2D eigenvalue weighted by Gasteiger charge is -2.32. The van der Waals surface area contributed by atoms with Crippen LogP contribution in [0.15, 0.2) is 54.7 Å². The van der Waals surface area contributed by atoms with E-state index in [-0.39, 0.29) is 29.4 Å². The van der Waals surface area contributed by atoms with Crippen molar-refractivity contribution < 1.29 is 22.7 Å². The maximum atomic E-state index is 14.0. The zero-order valence-electron chi connectivity index (χ0n) is 24.6. The number of carbonyl (C=O) groups is 1. The molecule has 5 rings (SSSR count). The van der Waals surface area contributed by atoms with E-state index in [9.17, 15) is 18.0 Å². The number of nitrogens with two attached hydrogens (primary N) is 1. The predicted molar refractivity (Wildman–Crippen MR) is 172 cm³/mol. The van der Waals surface area contributed by atoms with Crippen LogP contribution >= 0.6 is 23.2 Å². The Hall–Kier alpha value is -4.01. The average Bonchev–Trinajstić information content (AvgIpc) is 2.99. The largest absolute Gasteiger partial charge is 0.492 e. The number of piperazine rings is 1. The molecule has 0 atom stereocenters. The topological polar surface area (TPSA) is 83.7 Å². The molecule has 45 heavy (non-hydrogen) atoms. The molecule has 4 aromatic rings. The van der Waals surface area contributed by atoms with Gasteiger partial charge in [0.2, 0.25) is 0 Å². The van der Waals surface area contributed by atoms with Crippen LogP contribution in [0, 0.1) is 18.8 Å². The van der Waals surface area contributed by atoms with Gasteiger partial charge in [0.05, 0.1) is 21.2 Å². The standard InChI is InChI=1S/C33H30Cl2F3N5O2/c1-20-3-4-22(15-21(20)5-7-25-26-18-29(35)28(34)16-23(26)19-40-31(25)39)32(44)41-24-6-8-30(27(17-24)33(36,37)38)45-14-13-43-11-9-42(2)10-12-43/h3-4,6,8,15-19H,9-14H2,1-2H3,(H2,39,40)(H,41,44). The van der Waals surface area contributed by atoms with Crippen molar-refractivity contribution in [2.45, 2.75) is 13.1 Å². The first-order chi connectivity index (χ1) is 21.4. The number of pyridine rings is 1. The molecule has 1 saturated heterocycles. The number of rotatable bonds is 6. The molecular formula is C33H30Cl2F3N5O2. The number of nitrogen functional groups attached to an aromatic ring is 1. The quantitative estimate of drug-likeness (QED) is 0.224. The summed E-state index contributed by atoms with van der Waals surface area (Å²) in [5.41, 5.74) is 7.11. The minimum absolute atomic E-state index is 0.0166. The number of amides is 1. The number of hydrogen-bond donors (Lipinski definition) is 2. The lowest BCUT2D eigenvalue weighted by molar-refractivity contribution is -0.138. The number of halogens is 5. The van der Waals surface area contributed by atoms with Crippen molar-refractivity contribution in [2.24, 2.45) is 0 Å². The fraction of sp³-hybridized carbons (Fsp3) is 0.273. The highest BCUT2D eigenvalue weighted by molar-refractivity contribution is 6.42. The zero-order valence-corrected chi connectivity index (χ0v) is 26.1. The van der Waals surface area contributed by atoms with E-state index in [0.29, 0.717) is 38.5 Å². The van der Waals surface area contributed by atoms with Gasteiger partial charge in [-0.15, -0.1) is 0 Å². The molecule has 0 spiro atoms. The Morgan fingerprint density at radius 1 is 1.04 bits per heavy atom. The van der Waals surface area contributed by atoms with Crippen LogP contribution in [0.1, 0.15) is 32.6 Å². The first-order valence-corrected chi connectivity index (χ1v) is 14.9. The van der Waals surface area contributed by atoms with Gasteiger partial charge in [0.1, 0.15) is 18.2 Å². The maximum absolute atomic E-state index is 14.0. The average molecular weight is 657 g/mol. The molecule has 1 aromatic heterocycles. The number of anilines is 2. The minimum atomic E-state index is -4.68. The zero-order chi connectivity index (χ0) is 32.3. The Balaban J connectivity index is 1.33. The number of likely N-dealkylation sites (N-methyl/N-ethyl adjacent to an activating group) is 1. The summed E-state index contributed by atoms with van der Waals surface area (Å²) in [6.07, 6.45) is -3.10. The molecule has 3 aromatic carbocycles. The highest BCUT2D eigenvalue weighted by atomic mass is 35.5. The third kappa shape index (κ3) is 7.81. The normalized spacial score (nSPS) is 14.2. The molecule has 234 valence electrons. The summed E-state index contributed by atoms with van der Waals surface area (Å²) in [5, 5.41) is 4.65. The van der Waals surface area contributed by atoms with Crippen LogP contribution in [0.25, 0.3) is 10.8 Å². The summed E-state index contributed by atoms with van der Waals surface area (Å²) in [5.74, 6) is 5.39. The van der Waals surface area contributed by atoms with Crippen LogP contribution in [0.4, 0.5) is 24.7 Å². The van der Waals surface area contributed by atoms with Crippen LogP contribution in [0.5, 0.6) is 5.75 Å². The second-order valence-corrected chi connectivity index (χ2v) is 11.6. The molecule has 0 bridgehead atoms. The first-order valence-electron chi connectivity index (χ1n) is 14.1. The Labute approximate surface area is 269 Å². The van der Waals surface area contributed by atoms with E-state index in [1.807, 2.05) is 14.0 Å². The van der Waals surface area contributed by atoms with Gasteiger partial charge in [-0.25, -0.2) is 4.98 Å². The van der Waals surface area contributed by atoms with Gasteiger partial charge in [-0.05, 0) is 62.0 Å². The summed E-state index contributed by atoms with van der Waals surface area (Å²) in [6, 6.07) is 11.7. The second-order valence-electron chi connectivity index (χ2n) is 10.8. The van der Waals surface area contributed by atoms with E-state index in [1.165, 1.54) is 12.1 Å². The number of alkyl halides is 3. The third-order valence-corrected chi connectivity index (χ3v) is 8.31. The Kier molecular flexibility index (Phi) is 9.75. The lowest BCUT2D eigenvalue weighted by Crippen LogP contribution is -2.45. The molecule has 1 aliphatic rings. The molecule has 0 saturated carbocycles. The molecule has 1 amide bonds. The Bertz CT molecular complexity index is 1810. The number of aryl methyl sites for hydroxylation is 1. The molecule has 0 radical (unpaired) electrons. The lowest BCUT2D eigenvalue weighted by atomic mass is 10.0. The number of hydrogen-bond acceptors (Lipinski definition) is 6. The Morgan fingerprint density at radius 2 is 1.78 bits per heavy atom. The van der Waals surface area contributed by atoms with Crippen LogP contribution in [0.2, 0.25) is 10.0 Å². The van der Waals surface area contributed by atoms with Gasteiger partial charge in [-0.2, -0.15) is 13.2 Å². The highest BCUT2D eigenvalue weighted by Gasteiger charge is 2.35. The number of ether oxygens (including phenoxy) is 1. The fourth-order valence-electron chi connectivity index (χ4n) is 4.90. The summed E-state index contributed by atoms with van der Waals surface area (Å²) < 4.78 is 47.4. The van der Waals surface area contributed by atoms with Gasteiger partial charge in [-0.3, -0.25) is 9.69 Å². The number of fused-ring (bicyclic) bond motifs is 1. The van der Waals surface area contributed by atoms with Crippen LogP contribution in [0.3, 0.4) is 0 Å². The van der Waals surface area contributed by atoms with Gasteiger partial charge in [0.25, 0.3) is 5.91 Å². The van der Waals surface area contributed by atoms with Crippen LogP contribution in [-0.4, -0.2) is 67.1 Å². The maximum Gasteiger partial charge on any atom is 0.420 e.